The predicted octanol–water partition coefficient (Wildman–Crippen LogP) is 2.05. The second-order valence-electron chi connectivity index (χ2n) is 5.19. The van der Waals surface area contributed by atoms with Gasteiger partial charge in [0.05, 0.1) is 0 Å². The highest BCUT2D eigenvalue weighted by atomic mass is 35.5. The highest BCUT2D eigenvalue weighted by Crippen LogP contribution is 2.20. The lowest BCUT2D eigenvalue weighted by Gasteiger charge is -2.13. The van der Waals surface area contributed by atoms with E-state index in [1.165, 1.54) is 17.7 Å². The number of nitrogens with zero attached hydrogens (tertiary/aromatic N) is 4. The first-order valence-corrected chi connectivity index (χ1v) is 6.55. The van der Waals surface area contributed by atoms with Crippen molar-refractivity contribution in [2.75, 3.05) is 13.1 Å². The predicted molar refractivity (Wildman–Crippen MR) is 84.2 cm³/mol. The lowest BCUT2D eigenvalue weighted by atomic mass is 9.97. The van der Waals surface area contributed by atoms with Crippen molar-refractivity contribution in [1.82, 2.24) is 24.9 Å². The Morgan fingerprint density at radius 1 is 1.20 bits per heavy atom. The number of hydrogen-bond acceptors (Lipinski definition) is 4. The van der Waals surface area contributed by atoms with Gasteiger partial charge in [0.1, 0.15) is 5.82 Å². The zero-order chi connectivity index (χ0) is 12.7. The fourth-order valence-corrected chi connectivity index (χ4v) is 2.78. The molecule has 112 valence electrons. The summed E-state index contributed by atoms with van der Waals surface area (Å²) in [5.74, 6) is 2.23. The van der Waals surface area contributed by atoms with E-state index in [4.69, 9.17) is 0 Å². The minimum Gasteiger partial charge on any atom is -0.316 e. The summed E-state index contributed by atoms with van der Waals surface area (Å²) in [6.45, 7) is 8.36. The second kappa shape index (κ2) is 6.70. The zero-order valence-electron chi connectivity index (χ0n) is 12.0. The molecule has 7 heteroatoms. The van der Waals surface area contributed by atoms with Crippen molar-refractivity contribution in [3.05, 3.63) is 22.8 Å². The molecule has 0 radical (unpaired) electrons. The largest absolute Gasteiger partial charge is 0.316 e. The molecule has 0 saturated carbocycles. The van der Waals surface area contributed by atoms with E-state index in [0.29, 0.717) is 0 Å². The Morgan fingerprint density at radius 2 is 1.95 bits per heavy atom. The summed E-state index contributed by atoms with van der Waals surface area (Å²) in [7, 11) is 0. The monoisotopic (exact) mass is 317 g/mol. The minimum absolute atomic E-state index is 0. The normalized spacial score (nSPS) is 17.9. The molecule has 3 heterocycles. The van der Waals surface area contributed by atoms with Gasteiger partial charge in [-0.25, -0.2) is 9.50 Å². The minimum atomic E-state index is 0. The summed E-state index contributed by atoms with van der Waals surface area (Å²) in [6, 6.07) is 0. The third-order valence-corrected chi connectivity index (χ3v) is 3.81. The van der Waals surface area contributed by atoms with E-state index in [1.54, 1.807) is 0 Å². The van der Waals surface area contributed by atoms with E-state index in [9.17, 15) is 0 Å². The van der Waals surface area contributed by atoms with Gasteiger partial charge >= 0.3 is 0 Å². The molecule has 0 bridgehead atoms. The highest BCUT2D eigenvalue weighted by Gasteiger charge is 2.19. The molecule has 1 N–H and O–H groups in total. The Morgan fingerprint density at radius 3 is 2.60 bits per heavy atom. The van der Waals surface area contributed by atoms with Gasteiger partial charge < -0.3 is 5.32 Å². The number of aromatic nitrogens is 4. The molecule has 0 aromatic carbocycles. The van der Waals surface area contributed by atoms with E-state index >= 15 is 0 Å². The maximum atomic E-state index is 4.57. The average Bonchev–Trinajstić information content (AvgIpc) is 2.93. The maximum Gasteiger partial charge on any atom is 0.252 e. The number of nitrogens with one attached hydrogen (secondary N) is 1. The van der Waals surface area contributed by atoms with Crippen LogP contribution in [0, 0.1) is 26.7 Å². The van der Waals surface area contributed by atoms with Crippen LogP contribution in [0.1, 0.15) is 29.2 Å². The van der Waals surface area contributed by atoms with Gasteiger partial charge in [-0.1, -0.05) is 0 Å². The van der Waals surface area contributed by atoms with Crippen LogP contribution in [-0.2, 0) is 6.42 Å². The molecule has 1 aliphatic heterocycles. The van der Waals surface area contributed by atoms with Crippen LogP contribution in [0.5, 0.6) is 0 Å². The lowest BCUT2D eigenvalue weighted by molar-refractivity contribution is 0.571. The lowest BCUT2D eigenvalue weighted by Crippen LogP contribution is -2.14. The van der Waals surface area contributed by atoms with Crippen LogP contribution in [0.25, 0.3) is 5.78 Å². The Hall–Kier alpha value is -0.910. The molecule has 0 aliphatic carbocycles. The van der Waals surface area contributed by atoms with Gasteiger partial charge in [0, 0.05) is 11.4 Å². The molecule has 1 unspecified atom stereocenters. The zero-order valence-corrected chi connectivity index (χ0v) is 13.6. The highest BCUT2D eigenvalue weighted by molar-refractivity contribution is 5.85. The third kappa shape index (κ3) is 3.05. The fraction of sp³-hybridized carbons (Fsp3) is 0.615. The Labute approximate surface area is 131 Å². The Kier molecular flexibility index (Phi) is 5.74. The SMILES string of the molecule is Cc1nc2nc(C)c(CC3CCNC3)c(C)n2n1.Cl.Cl. The van der Waals surface area contributed by atoms with Crippen LogP contribution < -0.4 is 5.32 Å². The number of fused-ring (bicyclic) bond motifs is 1. The maximum absolute atomic E-state index is 4.57. The van der Waals surface area contributed by atoms with Crippen molar-refractivity contribution in [1.29, 1.82) is 0 Å². The molecule has 5 nitrogen and oxygen atoms in total. The van der Waals surface area contributed by atoms with Crippen LogP contribution >= 0.6 is 24.8 Å². The van der Waals surface area contributed by atoms with Crippen LogP contribution in [-0.4, -0.2) is 32.7 Å². The van der Waals surface area contributed by atoms with Crippen LogP contribution in [0.15, 0.2) is 0 Å². The van der Waals surface area contributed by atoms with Gasteiger partial charge in [0.25, 0.3) is 5.78 Å². The van der Waals surface area contributed by atoms with E-state index in [0.717, 1.165) is 42.7 Å². The quantitative estimate of drug-likeness (QED) is 0.921. The van der Waals surface area contributed by atoms with E-state index in [-0.39, 0.29) is 24.8 Å². The molecule has 20 heavy (non-hydrogen) atoms. The van der Waals surface area contributed by atoms with Crippen molar-refractivity contribution < 1.29 is 0 Å². The van der Waals surface area contributed by atoms with Crippen molar-refractivity contribution in [3.8, 4) is 0 Å². The molecule has 1 atom stereocenters. The van der Waals surface area contributed by atoms with Crippen molar-refractivity contribution in [3.63, 3.8) is 0 Å². The standard InChI is InChI=1S/C13H19N5.2ClH/c1-8-12(6-11-4-5-14-7-11)9(2)18-13(15-8)16-10(3)17-18;;/h11,14H,4-7H2,1-3H3;2*1H. The molecule has 2 aromatic heterocycles. The summed E-state index contributed by atoms with van der Waals surface area (Å²) in [4.78, 5) is 8.90. The summed E-state index contributed by atoms with van der Waals surface area (Å²) in [5.41, 5.74) is 3.62. The topological polar surface area (TPSA) is 55.1 Å². The molecule has 0 spiro atoms. The fourth-order valence-electron chi connectivity index (χ4n) is 2.78. The Bertz CT molecular complexity index is 590. The van der Waals surface area contributed by atoms with Crippen LogP contribution in [0.3, 0.4) is 0 Å². The van der Waals surface area contributed by atoms with E-state index < -0.39 is 0 Å². The van der Waals surface area contributed by atoms with Gasteiger partial charge in [-0.3, -0.25) is 0 Å². The average molecular weight is 318 g/mol. The van der Waals surface area contributed by atoms with Crippen LogP contribution in [0.4, 0.5) is 0 Å². The molecule has 1 aliphatic rings. The molecule has 2 aromatic rings. The second-order valence-corrected chi connectivity index (χ2v) is 5.19. The third-order valence-electron chi connectivity index (χ3n) is 3.81. The number of rotatable bonds is 2. The molecule has 1 saturated heterocycles. The summed E-state index contributed by atoms with van der Waals surface area (Å²) < 4.78 is 1.88. The molecule has 0 amide bonds. The summed E-state index contributed by atoms with van der Waals surface area (Å²) >= 11 is 0. The van der Waals surface area contributed by atoms with Crippen molar-refractivity contribution >= 4 is 30.6 Å². The smallest absolute Gasteiger partial charge is 0.252 e. The van der Waals surface area contributed by atoms with Gasteiger partial charge in [0.15, 0.2) is 0 Å². The summed E-state index contributed by atoms with van der Waals surface area (Å²) in [6.07, 6.45) is 2.35. The number of aryl methyl sites for hydroxylation is 3. The number of hydrogen-bond donors (Lipinski definition) is 1. The van der Waals surface area contributed by atoms with Gasteiger partial charge in [-0.2, -0.15) is 10.1 Å². The first kappa shape index (κ1) is 17.1. The Balaban J connectivity index is 0.000001000. The van der Waals surface area contributed by atoms with Crippen molar-refractivity contribution in [2.24, 2.45) is 5.92 Å². The van der Waals surface area contributed by atoms with Gasteiger partial charge in [-0.15, -0.1) is 24.8 Å². The molecule has 3 rings (SSSR count). The first-order chi connectivity index (χ1) is 8.65. The van der Waals surface area contributed by atoms with Gasteiger partial charge in [-0.05, 0) is 58.2 Å². The number of halogens is 2. The van der Waals surface area contributed by atoms with Crippen molar-refractivity contribution in [2.45, 2.75) is 33.6 Å². The van der Waals surface area contributed by atoms with E-state index in [1.807, 2.05) is 11.4 Å². The summed E-state index contributed by atoms with van der Waals surface area (Å²) in [5, 5.41) is 7.83. The van der Waals surface area contributed by atoms with Gasteiger partial charge in [0.2, 0.25) is 0 Å². The molecular weight excluding hydrogens is 297 g/mol. The first-order valence-electron chi connectivity index (χ1n) is 6.55. The van der Waals surface area contributed by atoms with Crippen LogP contribution in [0.2, 0.25) is 0 Å². The molecular formula is C13H21Cl2N5. The van der Waals surface area contributed by atoms with E-state index in [2.05, 4.69) is 34.2 Å². The molecule has 1 fully saturated rings.